The number of carbonyl (C=O) groups excluding carboxylic acids is 1. The molecule has 0 aliphatic carbocycles. The van der Waals surface area contributed by atoms with E-state index in [1.54, 1.807) is 11.1 Å². The average Bonchev–Trinajstić information content (AvgIpc) is 3.26. The van der Waals surface area contributed by atoms with Crippen LogP contribution in [0, 0.1) is 18.6 Å². The van der Waals surface area contributed by atoms with E-state index in [4.69, 9.17) is 14.1 Å². The molecule has 0 bridgehead atoms. The molecule has 1 aromatic heterocycles. The Morgan fingerprint density at radius 3 is 2.47 bits per heavy atom. The van der Waals surface area contributed by atoms with Gasteiger partial charge < -0.3 is 9.15 Å². The summed E-state index contributed by atoms with van der Waals surface area (Å²) < 4.78 is 39.8. The summed E-state index contributed by atoms with van der Waals surface area (Å²) >= 11 is 0. The van der Waals surface area contributed by atoms with Gasteiger partial charge >= 0.3 is 5.97 Å². The zero-order valence-electron chi connectivity index (χ0n) is 20.3. The Hall–Kier alpha value is -4.26. The second-order valence-corrected chi connectivity index (χ2v) is 8.51. The van der Waals surface area contributed by atoms with Gasteiger partial charge in [-0.05, 0) is 43.2 Å². The molecule has 36 heavy (non-hydrogen) atoms. The quantitative estimate of drug-likeness (QED) is 0.274. The molecule has 2 aromatic carbocycles. The molecule has 1 aliphatic heterocycles. The Bertz CT molecular complexity index is 1400. The SMILES string of the molecule is C=C1C(Cc2cccc(F)c2F)=NC(c2ccccc2)=CN1/C(OC(C)=O)=C(\C)Cc1ccc(C)o1. The highest BCUT2D eigenvalue weighted by Crippen LogP contribution is 2.31. The fourth-order valence-electron chi connectivity index (χ4n) is 3.91. The van der Waals surface area contributed by atoms with Crippen LogP contribution in [-0.4, -0.2) is 16.6 Å². The number of hydrogen-bond donors (Lipinski definition) is 0. The summed E-state index contributed by atoms with van der Waals surface area (Å²) in [6, 6.07) is 17.1. The van der Waals surface area contributed by atoms with Gasteiger partial charge in [0.05, 0.1) is 17.1 Å². The third-order valence-corrected chi connectivity index (χ3v) is 5.65. The molecule has 184 valence electrons. The minimum absolute atomic E-state index is 0.00707. The second kappa shape index (κ2) is 10.6. The Morgan fingerprint density at radius 2 is 1.81 bits per heavy atom. The number of aliphatic imine (C=N–C) groups is 1. The Kier molecular flexibility index (Phi) is 7.29. The van der Waals surface area contributed by atoms with Crippen molar-refractivity contribution in [1.29, 1.82) is 0 Å². The third kappa shape index (κ3) is 5.51. The van der Waals surface area contributed by atoms with E-state index in [0.29, 0.717) is 34.9 Å². The summed E-state index contributed by atoms with van der Waals surface area (Å²) in [6.07, 6.45) is 2.10. The first kappa shape index (κ1) is 24.9. The lowest BCUT2D eigenvalue weighted by molar-refractivity contribution is -0.138. The van der Waals surface area contributed by atoms with E-state index in [1.165, 1.54) is 19.1 Å². The lowest BCUT2D eigenvalue weighted by Gasteiger charge is -2.31. The summed E-state index contributed by atoms with van der Waals surface area (Å²) in [7, 11) is 0. The largest absolute Gasteiger partial charge is 0.466 e. The number of esters is 1. The lowest BCUT2D eigenvalue weighted by Crippen LogP contribution is -2.29. The molecule has 0 saturated carbocycles. The van der Waals surface area contributed by atoms with Crippen LogP contribution < -0.4 is 0 Å². The number of carbonyl (C=O) groups is 1. The highest BCUT2D eigenvalue weighted by molar-refractivity contribution is 6.05. The van der Waals surface area contributed by atoms with Crippen LogP contribution in [0.4, 0.5) is 8.78 Å². The summed E-state index contributed by atoms with van der Waals surface area (Å²) in [5.74, 6) is -0.650. The molecule has 3 aromatic rings. The first-order valence-corrected chi connectivity index (χ1v) is 11.4. The number of hydrogen-bond acceptors (Lipinski definition) is 5. The van der Waals surface area contributed by atoms with Crippen molar-refractivity contribution in [2.45, 2.75) is 33.6 Å². The summed E-state index contributed by atoms with van der Waals surface area (Å²) in [5, 5.41) is 0. The molecule has 0 unspecified atom stereocenters. The van der Waals surface area contributed by atoms with E-state index < -0.39 is 17.6 Å². The summed E-state index contributed by atoms with van der Waals surface area (Å²) in [4.78, 5) is 18.4. The van der Waals surface area contributed by atoms with Gasteiger partial charge in [0.2, 0.25) is 5.88 Å². The highest BCUT2D eigenvalue weighted by atomic mass is 19.2. The molecule has 0 atom stereocenters. The van der Waals surface area contributed by atoms with Crippen LogP contribution in [0.2, 0.25) is 0 Å². The fraction of sp³-hybridized carbons (Fsp3) is 0.172. The minimum atomic E-state index is -0.935. The molecule has 1 aliphatic rings. The van der Waals surface area contributed by atoms with E-state index in [-0.39, 0.29) is 17.9 Å². The molecule has 0 amide bonds. The normalized spacial score (nSPS) is 14.2. The second-order valence-electron chi connectivity index (χ2n) is 8.51. The zero-order valence-corrected chi connectivity index (χ0v) is 20.3. The lowest BCUT2D eigenvalue weighted by atomic mass is 10.0. The molecule has 0 spiro atoms. The van der Waals surface area contributed by atoms with Gasteiger partial charge in [0.1, 0.15) is 11.5 Å². The van der Waals surface area contributed by atoms with Crippen molar-refractivity contribution in [3.8, 4) is 0 Å². The number of rotatable bonds is 7. The number of aryl methyl sites for hydroxylation is 1. The molecular weight excluding hydrogens is 462 g/mol. The van der Waals surface area contributed by atoms with Gasteiger partial charge in [-0.25, -0.2) is 13.8 Å². The molecule has 5 nitrogen and oxygen atoms in total. The number of allylic oxidation sites excluding steroid dienone is 2. The number of ether oxygens (including phenoxy) is 1. The molecule has 0 fully saturated rings. The van der Waals surface area contributed by atoms with Gasteiger partial charge in [-0.2, -0.15) is 0 Å². The predicted octanol–water partition coefficient (Wildman–Crippen LogP) is 6.71. The molecule has 4 rings (SSSR count). The van der Waals surface area contributed by atoms with Gasteiger partial charge in [0.15, 0.2) is 11.6 Å². The van der Waals surface area contributed by atoms with Gasteiger partial charge in [-0.3, -0.25) is 9.69 Å². The monoisotopic (exact) mass is 488 g/mol. The Labute approximate surface area is 208 Å². The van der Waals surface area contributed by atoms with Crippen LogP contribution in [0.5, 0.6) is 0 Å². The average molecular weight is 489 g/mol. The van der Waals surface area contributed by atoms with Crippen molar-refractivity contribution in [2.24, 2.45) is 4.99 Å². The molecule has 0 saturated heterocycles. The Morgan fingerprint density at radius 1 is 1.06 bits per heavy atom. The van der Waals surface area contributed by atoms with Crippen LogP contribution in [-0.2, 0) is 22.4 Å². The van der Waals surface area contributed by atoms with E-state index >= 15 is 0 Å². The maximum Gasteiger partial charge on any atom is 0.309 e. The van der Waals surface area contributed by atoms with E-state index in [1.807, 2.05) is 56.3 Å². The molecule has 0 N–H and O–H groups in total. The third-order valence-electron chi connectivity index (χ3n) is 5.65. The highest BCUT2D eigenvalue weighted by Gasteiger charge is 2.27. The van der Waals surface area contributed by atoms with Gasteiger partial charge in [0.25, 0.3) is 0 Å². The van der Waals surface area contributed by atoms with Crippen LogP contribution in [0.15, 0.2) is 100 Å². The van der Waals surface area contributed by atoms with Crippen molar-refractivity contribution >= 4 is 17.4 Å². The maximum absolute atomic E-state index is 14.5. The number of furan rings is 1. The van der Waals surface area contributed by atoms with Crippen LogP contribution in [0.1, 0.15) is 36.5 Å². The molecule has 0 radical (unpaired) electrons. The van der Waals surface area contributed by atoms with Crippen molar-refractivity contribution in [2.75, 3.05) is 0 Å². The predicted molar refractivity (Wildman–Crippen MR) is 135 cm³/mol. The molecule has 7 heteroatoms. The summed E-state index contributed by atoms with van der Waals surface area (Å²) in [6.45, 7) is 9.16. The van der Waals surface area contributed by atoms with Crippen molar-refractivity contribution in [3.05, 3.63) is 125 Å². The van der Waals surface area contributed by atoms with Crippen LogP contribution in [0.25, 0.3) is 5.70 Å². The first-order chi connectivity index (χ1) is 17.2. The van der Waals surface area contributed by atoms with E-state index in [0.717, 1.165) is 17.4 Å². The minimum Gasteiger partial charge on any atom is -0.466 e. The van der Waals surface area contributed by atoms with E-state index in [2.05, 4.69) is 6.58 Å². The summed E-state index contributed by atoms with van der Waals surface area (Å²) in [5.41, 5.74) is 3.00. The van der Waals surface area contributed by atoms with Gasteiger partial charge in [-0.1, -0.05) is 49.0 Å². The fourth-order valence-corrected chi connectivity index (χ4v) is 3.91. The molecule has 2 heterocycles. The number of nitrogens with zero attached hydrogens (tertiary/aromatic N) is 2. The van der Waals surface area contributed by atoms with Crippen molar-refractivity contribution in [3.63, 3.8) is 0 Å². The first-order valence-electron chi connectivity index (χ1n) is 11.4. The Balaban J connectivity index is 1.80. The van der Waals surface area contributed by atoms with Crippen molar-refractivity contribution in [1.82, 2.24) is 4.90 Å². The van der Waals surface area contributed by atoms with Crippen LogP contribution >= 0.6 is 0 Å². The number of benzene rings is 2. The maximum atomic E-state index is 14.5. The van der Waals surface area contributed by atoms with Gasteiger partial charge in [0, 0.05) is 31.5 Å². The van der Waals surface area contributed by atoms with E-state index in [9.17, 15) is 13.6 Å². The topological polar surface area (TPSA) is 55.0 Å². The zero-order chi connectivity index (χ0) is 25.8. The van der Waals surface area contributed by atoms with Crippen LogP contribution in [0.3, 0.4) is 0 Å². The van der Waals surface area contributed by atoms with Crippen molar-refractivity contribution < 1.29 is 22.7 Å². The standard InChI is InChI=1S/C29H26F2N2O3/c1-18(15-24-14-13-19(2)35-24)29(36-21(4)34)33-17-27(22-9-6-5-7-10-22)32-26(20(33)3)16-23-11-8-12-25(30)28(23)31/h5-14,17H,3,15-16H2,1-2,4H3/b29-18-. The molecular formula is C29H26F2N2O3. The number of halogens is 2. The smallest absolute Gasteiger partial charge is 0.309 e. The van der Waals surface area contributed by atoms with Gasteiger partial charge in [-0.15, -0.1) is 0 Å².